The quantitative estimate of drug-likeness (QED) is 0.316. The number of aromatic nitrogens is 3. The van der Waals surface area contributed by atoms with Gasteiger partial charge in [0.25, 0.3) is 15.6 Å². The van der Waals surface area contributed by atoms with Crippen LogP contribution in [0.1, 0.15) is 12.0 Å². The average Bonchev–Trinajstić information content (AvgIpc) is 2.94. The fourth-order valence-electron chi connectivity index (χ4n) is 4.51. The molecule has 3 aromatic heterocycles. The normalized spacial score (nSPS) is 14.4. The first-order valence-corrected chi connectivity index (χ1v) is 14.4. The topological polar surface area (TPSA) is 115 Å². The van der Waals surface area contributed by atoms with E-state index in [4.69, 9.17) is 21.1 Å². The number of ether oxygens (including phenoxy) is 2. The summed E-state index contributed by atoms with van der Waals surface area (Å²) < 4.78 is 54.0. The van der Waals surface area contributed by atoms with Gasteiger partial charge in [-0.1, -0.05) is 11.6 Å². The second-order valence-corrected chi connectivity index (χ2v) is 11.3. The van der Waals surface area contributed by atoms with Gasteiger partial charge in [0.05, 0.1) is 25.3 Å². The summed E-state index contributed by atoms with van der Waals surface area (Å²) in [6, 6.07) is 8.00. The average molecular weight is 588 g/mol. The number of anilines is 1. The Kier molecular flexibility index (Phi) is 8.31. The Bertz CT molecular complexity index is 1710. The number of sulfonamides is 1. The van der Waals surface area contributed by atoms with Crippen LogP contribution in [0.3, 0.4) is 0 Å². The zero-order chi connectivity index (χ0) is 28.3. The third-order valence-corrected chi connectivity index (χ3v) is 8.45. The Morgan fingerprint density at radius 3 is 2.65 bits per heavy atom. The molecule has 1 N–H and O–H groups in total. The van der Waals surface area contributed by atoms with Crippen molar-refractivity contribution in [2.45, 2.75) is 17.7 Å². The SMILES string of the molecule is COc1ncc(-c2ccc3ncc(CCCN4CCOCC4)c(=O)n3c2)cc1NS(=O)(=O)c1ccc(F)cc1Cl. The zero-order valence-corrected chi connectivity index (χ0v) is 23.2. The third kappa shape index (κ3) is 6.09. The van der Waals surface area contributed by atoms with E-state index in [-0.39, 0.29) is 27.0 Å². The number of pyridine rings is 2. The van der Waals surface area contributed by atoms with Crippen molar-refractivity contribution in [2.24, 2.45) is 0 Å². The predicted octanol–water partition coefficient (Wildman–Crippen LogP) is 3.62. The number of benzene rings is 1. The summed E-state index contributed by atoms with van der Waals surface area (Å²) in [5.41, 5.74) is 2.11. The first-order chi connectivity index (χ1) is 19.2. The van der Waals surface area contributed by atoms with E-state index >= 15 is 0 Å². The van der Waals surface area contributed by atoms with Gasteiger partial charge in [0.2, 0.25) is 5.88 Å². The minimum absolute atomic E-state index is 0.0211. The molecule has 1 aliphatic rings. The van der Waals surface area contributed by atoms with Gasteiger partial charge in [0.15, 0.2) is 0 Å². The number of hydrogen-bond donors (Lipinski definition) is 1. The fraction of sp³-hybridized carbons (Fsp3) is 0.296. The molecular formula is C27H27ClFN5O5S. The third-order valence-electron chi connectivity index (χ3n) is 6.60. The van der Waals surface area contributed by atoms with E-state index in [0.29, 0.717) is 28.8 Å². The number of rotatable bonds is 9. The lowest BCUT2D eigenvalue weighted by Gasteiger charge is -2.26. The summed E-state index contributed by atoms with van der Waals surface area (Å²) in [7, 11) is -2.85. The van der Waals surface area contributed by atoms with Crippen LogP contribution < -0.4 is 15.0 Å². The number of nitrogens with one attached hydrogen (secondary N) is 1. The van der Waals surface area contributed by atoms with Gasteiger partial charge in [-0.05, 0) is 55.8 Å². The summed E-state index contributed by atoms with van der Waals surface area (Å²) in [6.45, 7) is 4.12. The Hall–Kier alpha value is -3.58. The van der Waals surface area contributed by atoms with Gasteiger partial charge in [0.1, 0.15) is 22.0 Å². The minimum Gasteiger partial charge on any atom is -0.480 e. The molecule has 1 saturated heterocycles. The van der Waals surface area contributed by atoms with Crippen LogP contribution in [0.5, 0.6) is 5.88 Å². The molecule has 4 aromatic rings. The van der Waals surface area contributed by atoms with Crippen molar-refractivity contribution in [3.63, 3.8) is 0 Å². The van der Waals surface area contributed by atoms with E-state index in [0.717, 1.165) is 57.5 Å². The summed E-state index contributed by atoms with van der Waals surface area (Å²) in [5.74, 6) is -0.640. The maximum absolute atomic E-state index is 13.5. The maximum atomic E-state index is 13.5. The maximum Gasteiger partial charge on any atom is 0.263 e. The molecule has 0 radical (unpaired) electrons. The van der Waals surface area contributed by atoms with Crippen molar-refractivity contribution < 1.29 is 22.3 Å². The molecule has 1 aromatic carbocycles. The second-order valence-electron chi connectivity index (χ2n) is 9.25. The molecule has 1 fully saturated rings. The van der Waals surface area contributed by atoms with Gasteiger partial charge in [-0.25, -0.2) is 22.8 Å². The first-order valence-electron chi connectivity index (χ1n) is 12.6. The van der Waals surface area contributed by atoms with E-state index < -0.39 is 15.8 Å². The number of fused-ring (bicyclic) bond motifs is 1. The lowest BCUT2D eigenvalue weighted by atomic mass is 10.1. The van der Waals surface area contributed by atoms with Crippen LogP contribution in [-0.2, 0) is 21.2 Å². The van der Waals surface area contributed by atoms with Crippen LogP contribution in [0, 0.1) is 5.82 Å². The van der Waals surface area contributed by atoms with Gasteiger partial charge in [-0.15, -0.1) is 0 Å². The standard InChI is InChI=1S/C27H27ClFN5O5S/c1-38-26-23(32-40(36,37)24-6-5-21(29)14-22(24)28)13-20(16-31-26)19-4-7-25-30-15-18(27(35)34(25)17-19)3-2-8-33-9-11-39-12-10-33/h4-7,13-17,32H,2-3,8-12H2,1H3. The minimum atomic E-state index is -4.20. The summed E-state index contributed by atoms with van der Waals surface area (Å²) >= 11 is 5.98. The summed E-state index contributed by atoms with van der Waals surface area (Å²) in [6.07, 6.45) is 6.20. The Balaban J connectivity index is 1.42. The lowest BCUT2D eigenvalue weighted by Crippen LogP contribution is -2.37. The number of morpholine rings is 1. The van der Waals surface area contributed by atoms with Crippen LogP contribution in [0.4, 0.5) is 10.1 Å². The molecule has 0 spiro atoms. The molecule has 40 heavy (non-hydrogen) atoms. The fourth-order valence-corrected chi connectivity index (χ4v) is 6.09. The number of methoxy groups -OCH3 is 1. The molecule has 0 aliphatic carbocycles. The zero-order valence-electron chi connectivity index (χ0n) is 21.6. The largest absolute Gasteiger partial charge is 0.480 e. The molecule has 10 nitrogen and oxygen atoms in total. The molecule has 5 rings (SSSR count). The number of aryl methyl sites for hydroxylation is 1. The number of halogens is 2. The van der Waals surface area contributed by atoms with Crippen LogP contribution in [-0.4, -0.2) is 67.6 Å². The van der Waals surface area contributed by atoms with Crippen LogP contribution in [0.15, 0.2) is 64.7 Å². The van der Waals surface area contributed by atoms with Crippen LogP contribution >= 0.6 is 11.6 Å². The summed E-state index contributed by atoms with van der Waals surface area (Å²) in [5, 5.41) is -0.266. The van der Waals surface area contributed by atoms with Gasteiger partial charge >= 0.3 is 0 Å². The number of nitrogens with zero attached hydrogens (tertiary/aromatic N) is 4. The van der Waals surface area contributed by atoms with E-state index in [2.05, 4.69) is 19.6 Å². The predicted molar refractivity (Wildman–Crippen MR) is 149 cm³/mol. The number of hydrogen-bond acceptors (Lipinski definition) is 8. The van der Waals surface area contributed by atoms with Crippen LogP contribution in [0.2, 0.25) is 5.02 Å². The highest BCUT2D eigenvalue weighted by Crippen LogP contribution is 2.31. The molecule has 1 aliphatic heterocycles. The van der Waals surface area contributed by atoms with Crippen molar-refractivity contribution in [1.29, 1.82) is 0 Å². The van der Waals surface area contributed by atoms with Gasteiger partial charge in [-0.2, -0.15) is 0 Å². The van der Waals surface area contributed by atoms with Crippen molar-refractivity contribution in [3.05, 3.63) is 81.7 Å². The Morgan fingerprint density at radius 1 is 1.10 bits per heavy atom. The molecule has 0 amide bonds. The second kappa shape index (κ2) is 11.9. The van der Waals surface area contributed by atoms with Gasteiger partial charge < -0.3 is 9.47 Å². The van der Waals surface area contributed by atoms with Crippen molar-refractivity contribution >= 4 is 33.0 Å². The first kappa shape index (κ1) is 28.0. The molecule has 4 heterocycles. The highest BCUT2D eigenvalue weighted by atomic mass is 35.5. The van der Waals surface area contributed by atoms with E-state index in [9.17, 15) is 17.6 Å². The monoisotopic (exact) mass is 587 g/mol. The molecule has 0 atom stereocenters. The molecule has 13 heteroatoms. The van der Waals surface area contributed by atoms with Crippen molar-refractivity contribution in [1.82, 2.24) is 19.3 Å². The highest BCUT2D eigenvalue weighted by molar-refractivity contribution is 7.92. The highest BCUT2D eigenvalue weighted by Gasteiger charge is 2.21. The molecule has 210 valence electrons. The molecule has 0 bridgehead atoms. The van der Waals surface area contributed by atoms with Gasteiger partial charge in [0, 0.05) is 48.4 Å². The lowest BCUT2D eigenvalue weighted by molar-refractivity contribution is 0.0374. The van der Waals surface area contributed by atoms with Crippen molar-refractivity contribution in [2.75, 3.05) is 44.7 Å². The Labute approximate surface area is 235 Å². The van der Waals surface area contributed by atoms with Gasteiger partial charge in [-0.3, -0.25) is 18.8 Å². The van der Waals surface area contributed by atoms with E-state index in [1.165, 1.54) is 23.8 Å². The van der Waals surface area contributed by atoms with E-state index in [1.807, 2.05) is 0 Å². The molecular weight excluding hydrogens is 561 g/mol. The molecule has 0 unspecified atom stereocenters. The summed E-state index contributed by atoms with van der Waals surface area (Å²) in [4.78, 5) is 24.0. The molecule has 0 saturated carbocycles. The Morgan fingerprint density at radius 2 is 1.90 bits per heavy atom. The van der Waals surface area contributed by atoms with E-state index in [1.54, 1.807) is 24.5 Å². The van der Waals surface area contributed by atoms with Crippen LogP contribution in [0.25, 0.3) is 16.8 Å². The smallest absolute Gasteiger partial charge is 0.263 e. The van der Waals surface area contributed by atoms with Crippen molar-refractivity contribution in [3.8, 4) is 17.0 Å².